The van der Waals surface area contributed by atoms with Crippen molar-refractivity contribution < 1.29 is 4.79 Å². The number of nitrogens with zero attached hydrogens (tertiary/aromatic N) is 1. The summed E-state index contributed by atoms with van der Waals surface area (Å²) >= 11 is 3.41. The molecule has 1 aromatic heterocycles. The van der Waals surface area contributed by atoms with Crippen molar-refractivity contribution in [1.82, 2.24) is 10.3 Å². The van der Waals surface area contributed by atoms with Crippen molar-refractivity contribution in [2.24, 2.45) is 5.41 Å². The number of anilines is 1. The number of rotatable bonds is 5. The summed E-state index contributed by atoms with van der Waals surface area (Å²) in [5.74, 6) is 0.833. The van der Waals surface area contributed by atoms with Gasteiger partial charge < -0.3 is 10.6 Å². The highest BCUT2D eigenvalue weighted by Crippen LogP contribution is 2.19. The van der Waals surface area contributed by atoms with Crippen LogP contribution in [0.15, 0.2) is 16.6 Å². The number of hydrogen-bond acceptors (Lipinski definition) is 3. The van der Waals surface area contributed by atoms with Gasteiger partial charge in [-0.05, 0) is 55.8 Å². The molecule has 5 heteroatoms. The van der Waals surface area contributed by atoms with Gasteiger partial charge in [-0.1, -0.05) is 0 Å². The highest BCUT2D eigenvalue weighted by atomic mass is 79.9. The fourth-order valence-electron chi connectivity index (χ4n) is 1.43. The van der Waals surface area contributed by atoms with Gasteiger partial charge in [0.05, 0.1) is 11.1 Å². The van der Waals surface area contributed by atoms with E-state index in [0.29, 0.717) is 13.1 Å². The van der Waals surface area contributed by atoms with Crippen LogP contribution in [0.3, 0.4) is 0 Å². The fourth-order valence-corrected chi connectivity index (χ4v) is 1.65. The number of pyridine rings is 1. The maximum absolute atomic E-state index is 11.8. The third-order valence-electron chi connectivity index (χ3n) is 2.68. The van der Waals surface area contributed by atoms with Crippen LogP contribution in [-0.4, -0.2) is 24.0 Å². The minimum absolute atomic E-state index is 0.0475. The summed E-state index contributed by atoms with van der Waals surface area (Å²) in [6.07, 6.45) is 0. The summed E-state index contributed by atoms with van der Waals surface area (Å²) < 4.78 is 0.982. The van der Waals surface area contributed by atoms with Crippen molar-refractivity contribution in [3.63, 3.8) is 0 Å². The van der Waals surface area contributed by atoms with Crippen LogP contribution in [0.5, 0.6) is 0 Å². The number of nitrogens with one attached hydrogen (secondary N) is 2. The molecule has 0 aliphatic carbocycles. The topological polar surface area (TPSA) is 54.0 Å². The molecule has 4 nitrogen and oxygen atoms in total. The molecule has 0 atom stereocenters. The lowest BCUT2D eigenvalue weighted by Gasteiger charge is -2.24. The summed E-state index contributed by atoms with van der Waals surface area (Å²) in [7, 11) is 0. The van der Waals surface area contributed by atoms with Gasteiger partial charge in [-0.2, -0.15) is 0 Å². The molecule has 18 heavy (non-hydrogen) atoms. The zero-order valence-electron chi connectivity index (χ0n) is 11.3. The Balaban J connectivity index is 2.63. The van der Waals surface area contributed by atoms with Crippen LogP contribution in [0.2, 0.25) is 0 Å². The second-order valence-corrected chi connectivity index (χ2v) is 5.71. The Bertz CT molecular complexity index is 432. The molecular weight excluding hydrogens is 294 g/mol. The smallest absolute Gasteiger partial charge is 0.227 e. The van der Waals surface area contributed by atoms with Crippen molar-refractivity contribution in [1.29, 1.82) is 0 Å². The molecule has 0 radical (unpaired) electrons. The van der Waals surface area contributed by atoms with Gasteiger partial charge in [-0.15, -0.1) is 0 Å². The van der Waals surface area contributed by atoms with Crippen LogP contribution in [0.1, 0.15) is 26.5 Å². The first-order chi connectivity index (χ1) is 8.36. The normalized spacial score (nSPS) is 11.2. The van der Waals surface area contributed by atoms with E-state index < -0.39 is 5.41 Å². The molecule has 0 aliphatic heterocycles. The molecule has 0 aliphatic rings. The second-order valence-electron chi connectivity index (χ2n) is 4.86. The van der Waals surface area contributed by atoms with Crippen molar-refractivity contribution in [3.8, 4) is 0 Å². The number of aromatic nitrogens is 1. The molecule has 0 unspecified atom stereocenters. The summed E-state index contributed by atoms with van der Waals surface area (Å²) in [6.45, 7) is 8.88. The van der Waals surface area contributed by atoms with Crippen molar-refractivity contribution in [2.75, 3.05) is 18.4 Å². The SMILES string of the molecule is CCNC(=O)C(C)(C)CNc1ccc(Br)c(C)n1. The van der Waals surface area contributed by atoms with Crippen LogP contribution in [0.4, 0.5) is 5.82 Å². The second kappa shape index (κ2) is 6.18. The lowest BCUT2D eigenvalue weighted by atomic mass is 9.92. The number of halogens is 1. The van der Waals surface area contributed by atoms with Gasteiger partial charge in [0.2, 0.25) is 5.91 Å². The maximum Gasteiger partial charge on any atom is 0.227 e. The van der Waals surface area contributed by atoms with Gasteiger partial charge in [0.15, 0.2) is 0 Å². The Hall–Kier alpha value is -1.10. The molecular formula is C13H20BrN3O. The van der Waals surface area contributed by atoms with Crippen LogP contribution in [-0.2, 0) is 4.79 Å². The lowest BCUT2D eigenvalue weighted by molar-refractivity contribution is -0.128. The number of amides is 1. The zero-order chi connectivity index (χ0) is 13.8. The van der Waals surface area contributed by atoms with E-state index in [1.807, 2.05) is 39.8 Å². The average Bonchev–Trinajstić information content (AvgIpc) is 2.31. The van der Waals surface area contributed by atoms with Gasteiger partial charge in [0.1, 0.15) is 5.82 Å². The molecule has 0 fully saturated rings. The highest BCUT2D eigenvalue weighted by molar-refractivity contribution is 9.10. The Labute approximate surface area is 117 Å². The van der Waals surface area contributed by atoms with Crippen LogP contribution in [0, 0.1) is 12.3 Å². The predicted octanol–water partition coefficient (Wildman–Crippen LogP) is 2.73. The third kappa shape index (κ3) is 3.98. The van der Waals surface area contributed by atoms with E-state index in [0.717, 1.165) is 16.0 Å². The molecule has 0 spiro atoms. The first-order valence-electron chi connectivity index (χ1n) is 6.02. The zero-order valence-corrected chi connectivity index (χ0v) is 12.9. The van der Waals surface area contributed by atoms with Gasteiger partial charge in [0, 0.05) is 17.6 Å². The molecule has 100 valence electrons. The summed E-state index contributed by atoms with van der Waals surface area (Å²) in [5, 5.41) is 6.04. The molecule has 0 saturated carbocycles. The van der Waals surface area contributed by atoms with Crippen molar-refractivity contribution in [3.05, 3.63) is 22.3 Å². The van der Waals surface area contributed by atoms with Crippen LogP contribution >= 0.6 is 15.9 Å². The number of hydrogen-bond donors (Lipinski definition) is 2. The Morgan fingerprint density at radius 3 is 2.67 bits per heavy atom. The highest BCUT2D eigenvalue weighted by Gasteiger charge is 2.26. The van der Waals surface area contributed by atoms with E-state index in [2.05, 4.69) is 31.5 Å². The number of carbonyl (C=O) groups excluding carboxylic acids is 1. The number of aryl methyl sites for hydroxylation is 1. The van der Waals surface area contributed by atoms with Gasteiger partial charge in [-0.3, -0.25) is 4.79 Å². The maximum atomic E-state index is 11.8. The van der Waals surface area contributed by atoms with E-state index in [4.69, 9.17) is 0 Å². The lowest BCUT2D eigenvalue weighted by Crippen LogP contribution is -2.41. The molecule has 2 N–H and O–H groups in total. The first kappa shape index (κ1) is 15.0. The van der Waals surface area contributed by atoms with E-state index in [-0.39, 0.29) is 5.91 Å². The van der Waals surface area contributed by atoms with E-state index in [1.54, 1.807) is 0 Å². The largest absolute Gasteiger partial charge is 0.369 e. The molecule has 1 amide bonds. The Morgan fingerprint density at radius 1 is 1.44 bits per heavy atom. The van der Waals surface area contributed by atoms with Crippen molar-refractivity contribution >= 4 is 27.7 Å². The molecule has 0 bridgehead atoms. The summed E-state index contributed by atoms with van der Waals surface area (Å²) in [5.41, 5.74) is 0.467. The van der Waals surface area contributed by atoms with E-state index in [9.17, 15) is 4.79 Å². The quantitative estimate of drug-likeness (QED) is 0.879. The predicted molar refractivity (Wildman–Crippen MR) is 77.6 cm³/mol. The van der Waals surface area contributed by atoms with Gasteiger partial charge in [0.25, 0.3) is 0 Å². The number of carbonyl (C=O) groups is 1. The summed E-state index contributed by atoms with van der Waals surface area (Å²) in [4.78, 5) is 16.2. The Kier molecular flexibility index (Phi) is 5.14. The molecule has 0 aromatic carbocycles. The average molecular weight is 314 g/mol. The molecule has 0 saturated heterocycles. The molecule has 1 heterocycles. The molecule has 1 aromatic rings. The van der Waals surface area contributed by atoms with Gasteiger partial charge in [-0.25, -0.2) is 4.98 Å². The third-order valence-corrected chi connectivity index (χ3v) is 3.52. The minimum Gasteiger partial charge on any atom is -0.369 e. The monoisotopic (exact) mass is 313 g/mol. The fraction of sp³-hybridized carbons (Fsp3) is 0.538. The minimum atomic E-state index is -0.460. The van der Waals surface area contributed by atoms with E-state index in [1.165, 1.54) is 0 Å². The van der Waals surface area contributed by atoms with Crippen LogP contribution < -0.4 is 10.6 Å². The first-order valence-corrected chi connectivity index (χ1v) is 6.81. The Morgan fingerprint density at radius 2 is 2.11 bits per heavy atom. The molecule has 1 rings (SSSR count). The van der Waals surface area contributed by atoms with Crippen molar-refractivity contribution in [2.45, 2.75) is 27.7 Å². The summed E-state index contributed by atoms with van der Waals surface area (Å²) in [6, 6.07) is 3.84. The van der Waals surface area contributed by atoms with Gasteiger partial charge >= 0.3 is 0 Å². The van der Waals surface area contributed by atoms with Crippen LogP contribution in [0.25, 0.3) is 0 Å². The van der Waals surface area contributed by atoms with E-state index >= 15 is 0 Å². The standard InChI is InChI=1S/C13H20BrN3O/c1-5-15-12(18)13(3,4)8-16-11-7-6-10(14)9(2)17-11/h6-7H,5,8H2,1-4H3,(H,15,18)(H,16,17).